The van der Waals surface area contributed by atoms with Crippen LogP contribution in [0.2, 0.25) is 0 Å². The van der Waals surface area contributed by atoms with E-state index >= 15 is 0 Å². The highest BCUT2D eigenvalue weighted by molar-refractivity contribution is 6.11. The van der Waals surface area contributed by atoms with Gasteiger partial charge < -0.3 is 4.74 Å². The lowest BCUT2D eigenvalue weighted by Crippen LogP contribution is -2.38. The monoisotopic (exact) mass is 384 g/mol. The topological polar surface area (TPSA) is 34.5 Å². The molecular formula is C25H24N2O2. The molecule has 146 valence electrons. The summed E-state index contributed by atoms with van der Waals surface area (Å²) >= 11 is 0. The van der Waals surface area contributed by atoms with Crippen LogP contribution in [0.15, 0.2) is 72.9 Å². The average molecular weight is 384 g/mol. The molecule has 1 aliphatic rings. The van der Waals surface area contributed by atoms with Crippen molar-refractivity contribution in [1.82, 2.24) is 9.47 Å². The molecule has 0 aliphatic carbocycles. The maximum Gasteiger partial charge on any atom is 0.262 e. The van der Waals surface area contributed by atoms with E-state index in [0.717, 1.165) is 53.5 Å². The van der Waals surface area contributed by atoms with E-state index in [9.17, 15) is 4.79 Å². The summed E-state index contributed by atoms with van der Waals surface area (Å²) in [6, 6.07) is 22.4. The molecule has 4 aromatic rings. The Labute approximate surface area is 170 Å². The van der Waals surface area contributed by atoms with Crippen LogP contribution in [0.1, 0.15) is 28.9 Å². The van der Waals surface area contributed by atoms with Gasteiger partial charge in [0.1, 0.15) is 0 Å². The molecule has 0 bridgehead atoms. The van der Waals surface area contributed by atoms with Gasteiger partial charge in [-0.25, -0.2) is 0 Å². The highest BCUT2D eigenvalue weighted by atomic mass is 16.5. The summed E-state index contributed by atoms with van der Waals surface area (Å²) in [5, 5.41) is 3.21. The molecule has 1 atom stereocenters. The average Bonchev–Trinajstić information content (AvgIpc) is 3.18. The van der Waals surface area contributed by atoms with Gasteiger partial charge >= 0.3 is 0 Å². The fourth-order valence-electron chi connectivity index (χ4n) is 4.41. The number of para-hydroxylation sites is 1. The van der Waals surface area contributed by atoms with Crippen molar-refractivity contribution in [3.05, 3.63) is 84.1 Å². The largest absolute Gasteiger partial charge is 0.379 e. The number of aromatic nitrogens is 1. The molecule has 0 N–H and O–H groups in total. The number of ether oxygens (including phenoxy) is 1. The number of rotatable bonds is 3. The SMILES string of the molecule is CC(c1cn(C(=O)c2cccc3ccccc23)c2ccccc12)N1CCOCC1. The Morgan fingerprint density at radius 2 is 1.59 bits per heavy atom. The third-order valence-electron chi connectivity index (χ3n) is 6.03. The molecule has 0 amide bonds. The normalized spacial score (nSPS) is 16.3. The lowest BCUT2D eigenvalue weighted by Gasteiger charge is -2.32. The maximum absolute atomic E-state index is 13.6. The molecule has 4 nitrogen and oxygen atoms in total. The van der Waals surface area contributed by atoms with Crippen molar-refractivity contribution >= 4 is 27.6 Å². The summed E-state index contributed by atoms with van der Waals surface area (Å²) in [6.45, 7) is 5.57. The zero-order valence-corrected chi connectivity index (χ0v) is 16.5. The van der Waals surface area contributed by atoms with Gasteiger partial charge in [-0.15, -0.1) is 0 Å². The van der Waals surface area contributed by atoms with E-state index in [2.05, 4.69) is 17.9 Å². The second-order valence-electron chi connectivity index (χ2n) is 7.63. The standard InChI is InChI=1S/C25H24N2O2/c1-18(26-13-15-29-16-14-26)23-17-27(24-12-5-4-10-21(23)24)25(28)22-11-6-8-19-7-2-3-9-20(19)22/h2-12,17-18H,13-16H2,1H3. The Morgan fingerprint density at radius 3 is 2.41 bits per heavy atom. The minimum atomic E-state index is 0.0124. The van der Waals surface area contributed by atoms with E-state index < -0.39 is 0 Å². The van der Waals surface area contributed by atoms with Gasteiger partial charge in [0.05, 0.1) is 18.7 Å². The van der Waals surface area contributed by atoms with Crippen molar-refractivity contribution in [3.63, 3.8) is 0 Å². The number of nitrogens with zero attached hydrogens (tertiary/aromatic N) is 2. The van der Waals surface area contributed by atoms with Crippen molar-refractivity contribution in [2.24, 2.45) is 0 Å². The number of fused-ring (bicyclic) bond motifs is 2. The molecule has 1 aliphatic heterocycles. The van der Waals surface area contributed by atoms with E-state index in [4.69, 9.17) is 4.74 Å². The van der Waals surface area contributed by atoms with Crippen molar-refractivity contribution in [2.45, 2.75) is 13.0 Å². The van der Waals surface area contributed by atoms with Crippen LogP contribution in [-0.4, -0.2) is 41.7 Å². The second-order valence-corrected chi connectivity index (χ2v) is 7.63. The van der Waals surface area contributed by atoms with Gasteiger partial charge in [0.25, 0.3) is 5.91 Å². The molecule has 2 heterocycles. The first-order chi connectivity index (χ1) is 14.2. The highest BCUT2D eigenvalue weighted by Crippen LogP contribution is 2.31. The van der Waals surface area contributed by atoms with E-state index in [0.29, 0.717) is 0 Å². The molecule has 1 unspecified atom stereocenters. The Balaban J connectivity index is 1.63. The van der Waals surface area contributed by atoms with Gasteiger partial charge in [0, 0.05) is 36.3 Å². The van der Waals surface area contributed by atoms with Gasteiger partial charge in [-0.05, 0) is 35.4 Å². The molecule has 29 heavy (non-hydrogen) atoms. The van der Waals surface area contributed by atoms with Crippen LogP contribution in [0.3, 0.4) is 0 Å². The number of morpholine rings is 1. The zero-order chi connectivity index (χ0) is 19.8. The third-order valence-corrected chi connectivity index (χ3v) is 6.03. The number of hydrogen-bond acceptors (Lipinski definition) is 3. The number of hydrogen-bond donors (Lipinski definition) is 0. The fourth-order valence-corrected chi connectivity index (χ4v) is 4.41. The molecule has 5 rings (SSSR count). The number of carbonyl (C=O) groups is 1. The lowest BCUT2D eigenvalue weighted by atomic mass is 10.0. The van der Waals surface area contributed by atoms with Gasteiger partial charge in [0.2, 0.25) is 0 Å². The Bertz CT molecular complexity index is 1180. The molecule has 4 heteroatoms. The molecule has 1 aromatic heterocycles. The predicted molar refractivity (Wildman–Crippen MR) is 116 cm³/mol. The van der Waals surface area contributed by atoms with Gasteiger partial charge in [-0.1, -0.05) is 54.6 Å². The van der Waals surface area contributed by atoms with Gasteiger partial charge in [0.15, 0.2) is 0 Å². The van der Waals surface area contributed by atoms with E-state index in [1.54, 1.807) is 0 Å². The highest BCUT2D eigenvalue weighted by Gasteiger charge is 2.24. The van der Waals surface area contributed by atoms with Crippen molar-refractivity contribution in [1.29, 1.82) is 0 Å². The smallest absolute Gasteiger partial charge is 0.262 e. The third kappa shape index (κ3) is 3.15. The summed E-state index contributed by atoms with van der Waals surface area (Å²) in [4.78, 5) is 16.0. The Hall–Kier alpha value is -2.95. The summed E-state index contributed by atoms with van der Waals surface area (Å²) in [7, 11) is 0. The van der Waals surface area contributed by atoms with Crippen molar-refractivity contribution in [2.75, 3.05) is 26.3 Å². The van der Waals surface area contributed by atoms with Crippen LogP contribution in [-0.2, 0) is 4.74 Å². The van der Waals surface area contributed by atoms with Crippen LogP contribution in [0.25, 0.3) is 21.7 Å². The first-order valence-corrected chi connectivity index (χ1v) is 10.2. The minimum absolute atomic E-state index is 0.0124. The molecule has 0 saturated carbocycles. The Kier molecular flexibility index (Phi) is 4.66. The summed E-state index contributed by atoms with van der Waals surface area (Å²) in [5.41, 5.74) is 2.88. The van der Waals surface area contributed by atoms with E-state index in [-0.39, 0.29) is 11.9 Å². The molecular weight excluding hydrogens is 360 g/mol. The van der Waals surface area contributed by atoms with Crippen molar-refractivity contribution < 1.29 is 9.53 Å². The Morgan fingerprint density at radius 1 is 0.897 bits per heavy atom. The van der Waals surface area contributed by atoms with E-state index in [1.165, 1.54) is 5.56 Å². The van der Waals surface area contributed by atoms with Crippen molar-refractivity contribution in [3.8, 4) is 0 Å². The first-order valence-electron chi connectivity index (χ1n) is 10.2. The molecule has 0 radical (unpaired) electrons. The molecule has 0 spiro atoms. The first kappa shape index (κ1) is 18.1. The van der Waals surface area contributed by atoms with Crippen LogP contribution in [0, 0.1) is 0 Å². The maximum atomic E-state index is 13.6. The lowest BCUT2D eigenvalue weighted by molar-refractivity contribution is 0.0201. The summed E-state index contributed by atoms with van der Waals surface area (Å²) in [5.74, 6) is 0.0124. The van der Waals surface area contributed by atoms with Crippen LogP contribution in [0.4, 0.5) is 0 Å². The number of carbonyl (C=O) groups excluding carboxylic acids is 1. The second kappa shape index (κ2) is 7.47. The quantitative estimate of drug-likeness (QED) is 0.505. The predicted octanol–water partition coefficient (Wildman–Crippen LogP) is 4.88. The number of benzene rings is 3. The van der Waals surface area contributed by atoms with E-state index in [1.807, 2.05) is 71.4 Å². The van der Waals surface area contributed by atoms with Crippen LogP contribution in [0.5, 0.6) is 0 Å². The molecule has 1 fully saturated rings. The zero-order valence-electron chi connectivity index (χ0n) is 16.5. The van der Waals surface area contributed by atoms with Gasteiger partial charge in [-0.2, -0.15) is 0 Å². The summed E-state index contributed by atoms with van der Waals surface area (Å²) in [6.07, 6.45) is 2.04. The molecule has 3 aromatic carbocycles. The summed E-state index contributed by atoms with van der Waals surface area (Å²) < 4.78 is 7.34. The fraction of sp³-hybridized carbons (Fsp3) is 0.240. The van der Waals surface area contributed by atoms with Crippen LogP contribution >= 0.6 is 0 Å². The van der Waals surface area contributed by atoms with Gasteiger partial charge in [-0.3, -0.25) is 14.3 Å². The van der Waals surface area contributed by atoms with Crippen LogP contribution < -0.4 is 0 Å². The molecule has 1 saturated heterocycles. The minimum Gasteiger partial charge on any atom is -0.379 e.